The van der Waals surface area contributed by atoms with Crippen LogP contribution in [0.25, 0.3) is 0 Å². The van der Waals surface area contributed by atoms with Gasteiger partial charge in [-0.15, -0.1) is 0 Å². The first-order valence-corrected chi connectivity index (χ1v) is 9.10. The highest BCUT2D eigenvalue weighted by atomic mass is 16.5. The number of carbonyl (C=O) groups excluding carboxylic acids is 1. The van der Waals surface area contributed by atoms with Crippen LogP contribution < -0.4 is 10.6 Å². The summed E-state index contributed by atoms with van der Waals surface area (Å²) in [6.45, 7) is 0. The van der Waals surface area contributed by atoms with Crippen molar-refractivity contribution in [3.8, 4) is 0 Å². The van der Waals surface area contributed by atoms with Crippen molar-refractivity contribution in [1.29, 1.82) is 0 Å². The first-order valence-electron chi connectivity index (χ1n) is 9.10. The number of allylic oxidation sites excluding steroid dienone is 10. The van der Waals surface area contributed by atoms with Crippen molar-refractivity contribution in [1.82, 2.24) is 10.6 Å². The van der Waals surface area contributed by atoms with Gasteiger partial charge in [-0.2, -0.15) is 0 Å². The molecule has 3 rings (SSSR count). The van der Waals surface area contributed by atoms with Gasteiger partial charge in [0.15, 0.2) is 0 Å². The molecule has 4 nitrogen and oxygen atoms in total. The Balaban J connectivity index is 1.41. The Bertz CT molecular complexity index is 645. The Morgan fingerprint density at radius 1 is 0.920 bits per heavy atom. The quantitative estimate of drug-likeness (QED) is 0.797. The van der Waals surface area contributed by atoms with Crippen LogP contribution in [0.3, 0.4) is 0 Å². The molecule has 2 N–H and O–H groups in total. The maximum Gasteiger partial charge on any atom is 0.319 e. The van der Waals surface area contributed by atoms with E-state index >= 15 is 0 Å². The highest BCUT2D eigenvalue weighted by Crippen LogP contribution is 2.24. The minimum atomic E-state index is -0.130. The van der Waals surface area contributed by atoms with Crippen molar-refractivity contribution in [3.05, 3.63) is 72.2 Å². The highest BCUT2D eigenvalue weighted by Gasteiger charge is 2.23. The number of ether oxygens (including phenoxy) is 1. The average Bonchev–Trinajstić information content (AvgIpc) is 3.02. The topological polar surface area (TPSA) is 50.4 Å². The third-order valence-corrected chi connectivity index (χ3v) is 4.50. The van der Waals surface area contributed by atoms with Gasteiger partial charge in [0, 0.05) is 11.7 Å². The lowest BCUT2D eigenvalue weighted by molar-refractivity contribution is 0.0815. The molecule has 1 fully saturated rings. The van der Waals surface area contributed by atoms with E-state index in [1.807, 2.05) is 42.5 Å². The molecule has 0 unspecified atom stereocenters. The number of hydrogen-bond donors (Lipinski definition) is 2. The predicted octanol–water partition coefficient (Wildman–Crippen LogP) is 4.41. The zero-order chi connectivity index (χ0) is 17.3. The van der Waals surface area contributed by atoms with Crippen LogP contribution in [-0.4, -0.2) is 18.2 Å². The van der Waals surface area contributed by atoms with Crippen LogP contribution in [0.2, 0.25) is 0 Å². The molecule has 2 amide bonds. The van der Waals surface area contributed by atoms with E-state index in [2.05, 4.69) is 28.9 Å². The summed E-state index contributed by atoms with van der Waals surface area (Å²) in [5.41, 5.74) is 0.823. The molecule has 0 aromatic carbocycles. The van der Waals surface area contributed by atoms with Crippen molar-refractivity contribution in [2.24, 2.45) is 0 Å². The van der Waals surface area contributed by atoms with Crippen LogP contribution >= 0.6 is 0 Å². The third kappa shape index (κ3) is 5.82. The Morgan fingerprint density at radius 2 is 1.64 bits per heavy atom. The van der Waals surface area contributed by atoms with E-state index in [9.17, 15) is 4.79 Å². The molecule has 4 heteroatoms. The first kappa shape index (κ1) is 17.3. The molecule has 0 aliphatic heterocycles. The molecule has 0 aromatic heterocycles. The molecule has 132 valence electrons. The third-order valence-electron chi connectivity index (χ3n) is 4.50. The standard InChI is InChI=1S/C21H26N2O2/c24-21(22-17-9-5-1-2-6-10-17)23-18-13-15-20(16-14-18)25-19-11-7-3-4-8-12-19/h1,3,5-12,18,20H,2,4,13-16H2,(H2,22,23,24). The largest absolute Gasteiger partial charge is 0.490 e. The average molecular weight is 338 g/mol. The van der Waals surface area contributed by atoms with Gasteiger partial charge in [-0.05, 0) is 62.8 Å². The van der Waals surface area contributed by atoms with Gasteiger partial charge in [0.05, 0.1) is 6.10 Å². The number of amides is 2. The Hall–Kier alpha value is -2.49. The molecule has 0 aromatic rings. The van der Waals surface area contributed by atoms with Crippen LogP contribution in [0.4, 0.5) is 4.79 Å². The fourth-order valence-electron chi connectivity index (χ4n) is 3.17. The van der Waals surface area contributed by atoms with Crippen LogP contribution in [0, 0.1) is 0 Å². The smallest absolute Gasteiger partial charge is 0.319 e. The molecular formula is C21H26N2O2. The predicted molar refractivity (Wildman–Crippen MR) is 101 cm³/mol. The van der Waals surface area contributed by atoms with E-state index in [0.717, 1.165) is 50.0 Å². The van der Waals surface area contributed by atoms with Crippen LogP contribution in [0.5, 0.6) is 0 Å². The minimum absolute atomic E-state index is 0.130. The summed E-state index contributed by atoms with van der Waals surface area (Å²) in [5, 5.41) is 5.98. The van der Waals surface area contributed by atoms with Crippen LogP contribution in [0.15, 0.2) is 72.2 Å². The molecule has 0 saturated heterocycles. The van der Waals surface area contributed by atoms with E-state index < -0.39 is 0 Å². The van der Waals surface area contributed by atoms with Gasteiger partial charge in [0.2, 0.25) is 0 Å². The van der Waals surface area contributed by atoms with Crippen molar-refractivity contribution in [2.45, 2.75) is 50.7 Å². The van der Waals surface area contributed by atoms with E-state index in [-0.39, 0.29) is 18.2 Å². The zero-order valence-corrected chi connectivity index (χ0v) is 14.5. The lowest BCUT2D eigenvalue weighted by Gasteiger charge is -2.29. The summed E-state index contributed by atoms with van der Waals surface area (Å²) in [6.07, 6.45) is 26.1. The molecule has 25 heavy (non-hydrogen) atoms. The molecular weight excluding hydrogens is 312 g/mol. The number of nitrogens with one attached hydrogen (secondary N) is 2. The Morgan fingerprint density at radius 3 is 2.44 bits per heavy atom. The second-order valence-electron chi connectivity index (χ2n) is 6.51. The Kier molecular flexibility index (Phi) is 6.32. The van der Waals surface area contributed by atoms with Gasteiger partial charge < -0.3 is 15.4 Å². The van der Waals surface area contributed by atoms with E-state index in [4.69, 9.17) is 4.74 Å². The van der Waals surface area contributed by atoms with Gasteiger partial charge in [-0.25, -0.2) is 4.79 Å². The van der Waals surface area contributed by atoms with E-state index in [1.54, 1.807) is 0 Å². The second-order valence-corrected chi connectivity index (χ2v) is 6.51. The Labute approximate surface area is 149 Å². The summed E-state index contributed by atoms with van der Waals surface area (Å²) in [7, 11) is 0. The second kappa shape index (κ2) is 9.11. The first-order chi connectivity index (χ1) is 12.3. The zero-order valence-electron chi connectivity index (χ0n) is 14.5. The van der Waals surface area contributed by atoms with Gasteiger partial charge >= 0.3 is 6.03 Å². The van der Waals surface area contributed by atoms with Crippen molar-refractivity contribution < 1.29 is 9.53 Å². The minimum Gasteiger partial charge on any atom is -0.490 e. The summed E-state index contributed by atoms with van der Waals surface area (Å²) >= 11 is 0. The summed E-state index contributed by atoms with van der Waals surface area (Å²) in [6, 6.07) is 0.0828. The number of rotatable bonds is 4. The van der Waals surface area contributed by atoms with Crippen molar-refractivity contribution >= 4 is 6.03 Å². The maximum absolute atomic E-state index is 12.2. The van der Waals surface area contributed by atoms with Crippen molar-refractivity contribution in [2.75, 3.05) is 0 Å². The van der Waals surface area contributed by atoms with E-state index in [1.165, 1.54) is 0 Å². The summed E-state index contributed by atoms with van der Waals surface area (Å²) in [4.78, 5) is 12.2. The monoisotopic (exact) mass is 338 g/mol. The van der Waals surface area contributed by atoms with Crippen LogP contribution in [0.1, 0.15) is 38.5 Å². The fraction of sp³-hybridized carbons (Fsp3) is 0.381. The van der Waals surface area contributed by atoms with E-state index in [0.29, 0.717) is 0 Å². The molecule has 0 radical (unpaired) electrons. The van der Waals surface area contributed by atoms with Gasteiger partial charge in [0.1, 0.15) is 5.76 Å². The molecule has 0 bridgehead atoms. The van der Waals surface area contributed by atoms with Gasteiger partial charge in [0.25, 0.3) is 0 Å². The number of hydrogen-bond acceptors (Lipinski definition) is 2. The number of urea groups is 1. The molecule has 3 aliphatic carbocycles. The number of carbonyl (C=O) groups is 1. The highest BCUT2D eigenvalue weighted by molar-refractivity contribution is 5.76. The summed E-state index contributed by atoms with van der Waals surface area (Å²) in [5.74, 6) is 0.933. The molecule has 0 heterocycles. The lowest BCUT2D eigenvalue weighted by Crippen LogP contribution is -2.43. The fourth-order valence-corrected chi connectivity index (χ4v) is 3.17. The SMILES string of the molecule is O=C(NC1=CC=CCC=C1)NC1CCC(OC2=CC=CCC=C2)CC1. The molecule has 0 atom stereocenters. The molecule has 1 saturated carbocycles. The molecule has 3 aliphatic rings. The van der Waals surface area contributed by atoms with Crippen molar-refractivity contribution in [3.63, 3.8) is 0 Å². The van der Waals surface area contributed by atoms with Gasteiger partial charge in [-0.3, -0.25) is 0 Å². The maximum atomic E-state index is 12.2. The van der Waals surface area contributed by atoms with Gasteiger partial charge in [-0.1, -0.05) is 36.5 Å². The molecule has 0 spiro atoms. The van der Waals surface area contributed by atoms with Crippen LogP contribution in [-0.2, 0) is 4.74 Å². The normalized spacial score (nSPS) is 25.4. The summed E-state index contributed by atoms with van der Waals surface area (Å²) < 4.78 is 6.07. The lowest BCUT2D eigenvalue weighted by atomic mass is 9.93.